The lowest BCUT2D eigenvalue weighted by Gasteiger charge is -2.09. The van der Waals surface area contributed by atoms with E-state index >= 15 is 0 Å². The molecule has 0 saturated carbocycles. The number of carboxylic acids is 2. The molecule has 0 amide bonds. The van der Waals surface area contributed by atoms with Crippen molar-refractivity contribution in [3.63, 3.8) is 0 Å². The Labute approximate surface area is 114 Å². The predicted octanol–water partition coefficient (Wildman–Crippen LogP) is 0.740. The molecule has 0 heterocycles. The van der Waals surface area contributed by atoms with Crippen molar-refractivity contribution in [2.24, 2.45) is 0 Å². The Kier molecular flexibility index (Phi) is 5.06. The number of aromatic carboxylic acids is 2. The van der Waals surface area contributed by atoms with Crippen LogP contribution in [0.3, 0.4) is 0 Å². The quantitative estimate of drug-likeness (QED) is 0.495. The fraction of sp³-hybridized carbons (Fsp3) is 0.273. The maximum atomic E-state index is 10.9. The van der Waals surface area contributed by atoms with Crippen LogP contribution in [0.5, 0.6) is 5.75 Å². The van der Waals surface area contributed by atoms with E-state index in [0.717, 1.165) is 18.2 Å². The summed E-state index contributed by atoms with van der Waals surface area (Å²) >= 11 is 0. The summed E-state index contributed by atoms with van der Waals surface area (Å²) in [5.41, 5.74) is -0.387. The Morgan fingerprint density at radius 3 is 2.30 bits per heavy atom. The maximum Gasteiger partial charge on any atom is 0.339 e. The number of carboxylic acid groups (broad SMARTS) is 2. The summed E-state index contributed by atoms with van der Waals surface area (Å²) in [4.78, 5) is 21.7. The van der Waals surface area contributed by atoms with Crippen LogP contribution in [0.2, 0.25) is 0 Å². The number of hydrogen-bond donors (Lipinski definition) is 3. The first-order valence-corrected chi connectivity index (χ1v) is 7.00. The van der Waals surface area contributed by atoms with Gasteiger partial charge in [0, 0.05) is 0 Å². The van der Waals surface area contributed by atoms with Crippen molar-refractivity contribution in [2.75, 3.05) is 12.4 Å². The fourth-order valence-electron chi connectivity index (χ4n) is 1.37. The zero-order valence-corrected chi connectivity index (χ0v) is 11.0. The summed E-state index contributed by atoms with van der Waals surface area (Å²) in [6.45, 7) is -0.177. The Morgan fingerprint density at radius 2 is 1.80 bits per heavy atom. The van der Waals surface area contributed by atoms with Crippen LogP contribution in [0.25, 0.3) is 0 Å². The summed E-state index contributed by atoms with van der Waals surface area (Å²) in [6.07, 6.45) is -0.0603. The number of ether oxygens (including phenoxy) is 1. The molecule has 8 nitrogen and oxygen atoms in total. The van der Waals surface area contributed by atoms with E-state index in [-0.39, 0.29) is 29.9 Å². The van der Waals surface area contributed by atoms with Crippen LogP contribution < -0.4 is 4.74 Å². The summed E-state index contributed by atoms with van der Waals surface area (Å²) in [6, 6.07) is 3.25. The summed E-state index contributed by atoms with van der Waals surface area (Å²) in [5, 5.41) is 17.7. The van der Waals surface area contributed by atoms with E-state index in [1.807, 2.05) is 0 Å². The van der Waals surface area contributed by atoms with Gasteiger partial charge in [0.25, 0.3) is 10.1 Å². The van der Waals surface area contributed by atoms with Gasteiger partial charge in [-0.2, -0.15) is 8.42 Å². The van der Waals surface area contributed by atoms with Gasteiger partial charge in [-0.15, -0.1) is 0 Å². The second-order valence-electron chi connectivity index (χ2n) is 3.81. The maximum absolute atomic E-state index is 10.9. The van der Waals surface area contributed by atoms with E-state index in [0.29, 0.717) is 0 Å². The lowest BCUT2D eigenvalue weighted by Crippen LogP contribution is -2.11. The van der Waals surface area contributed by atoms with Gasteiger partial charge in [-0.3, -0.25) is 4.55 Å². The van der Waals surface area contributed by atoms with Gasteiger partial charge >= 0.3 is 11.9 Å². The molecular formula is C11H12O8S. The van der Waals surface area contributed by atoms with Crippen molar-refractivity contribution >= 4 is 22.1 Å². The van der Waals surface area contributed by atoms with Gasteiger partial charge in [0.15, 0.2) is 0 Å². The lowest BCUT2D eigenvalue weighted by molar-refractivity contribution is 0.0677. The van der Waals surface area contributed by atoms with Crippen molar-refractivity contribution in [2.45, 2.75) is 6.42 Å². The molecule has 0 bridgehead atoms. The minimum atomic E-state index is -4.12. The molecule has 0 fully saturated rings. The first kappa shape index (κ1) is 15.9. The van der Waals surface area contributed by atoms with Gasteiger partial charge in [-0.05, 0) is 24.6 Å². The Bertz CT molecular complexity index is 619. The largest absolute Gasteiger partial charge is 0.493 e. The van der Waals surface area contributed by atoms with Gasteiger partial charge in [0.1, 0.15) is 11.3 Å². The predicted molar refractivity (Wildman–Crippen MR) is 66.9 cm³/mol. The monoisotopic (exact) mass is 304 g/mol. The molecule has 110 valence electrons. The Hall–Kier alpha value is -2.13. The number of rotatable bonds is 7. The fourth-order valence-corrected chi connectivity index (χ4v) is 1.86. The van der Waals surface area contributed by atoms with E-state index in [4.69, 9.17) is 19.5 Å². The highest BCUT2D eigenvalue weighted by molar-refractivity contribution is 7.85. The van der Waals surface area contributed by atoms with E-state index in [1.54, 1.807) is 0 Å². The third-order valence-corrected chi connectivity index (χ3v) is 3.07. The minimum absolute atomic E-state index is 0.0603. The zero-order valence-electron chi connectivity index (χ0n) is 10.1. The smallest absolute Gasteiger partial charge is 0.339 e. The summed E-state index contributed by atoms with van der Waals surface area (Å²) < 4.78 is 34.6. The van der Waals surface area contributed by atoms with Crippen LogP contribution in [0.1, 0.15) is 27.1 Å². The highest BCUT2D eigenvalue weighted by Crippen LogP contribution is 2.21. The molecule has 0 aliphatic heterocycles. The van der Waals surface area contributed by atoms with Gasteiger partial charge < -0.3 is 14.9 Å². The van der Waals surface area contributed by atoms with Crippen LogP contribution in [0.4, 0.5) is 0 Å². The van der Waals surface area contributed by atoms with Crippen molar-refractivity contribution < 1.29 is 37.5 Å². The van der Waals surface area contributed by atoms with E-state index in [9.17, 15) is 18.0 Å². The minimum Gasteiger partial charge on any atom is -0.493 e. The first-order chi connectivity index (χ1) is 9.20. The molecule has 0 saturated heterocycles. The molecule has 0 radical (unpaired) electrons. The summed E-state index contributed by atoms with van der Waals surface area (Å²) in [7, 11) is -4.12. The number of carbonyl (C=O) groups is 2. The molecule has 1 aromatic rings. The second kappa shape index (κ2) is 6.35. The van der Waals surface area contributed by atoms with Crippen LogP contribution in [-0.2, 0) is 10.1 Å². The second-order valence-corrected chi connectivity index (χ2v) is 5.38. The topological polar surface area (TPSA) is 138 Å². The molecule has 9 heteroatoms. The third kappa shape index (κ3) is 4.86. The SMILES string of the molecule is O=C(O)c1ccc(C(=O)O)c(OCCCS(=O)(=O)O)c1. The highest BCUT2D eigenvalue weighted by atomic mass is 32.2. The molecule has 0 spiro atoms. The third-order valence-electron chi connectivity index (χ3n) is 2.26. The number of hydrogen-bond acceptors (Lipinski definition) is 5. The molecule has 0 aliphatic carbocycles. The molecule has 0 unspecified atom stereocenters. The lowest BCUT2D eigenvalue weighted by atomic mass is 10.1. The normalized spacial score (nSPS) is 11.1. The highest BCUT2D eigenvalue weighted by Gasteiger charge is 2.15. The zero-order chi connectivity index (χ0) is 15.3. The van der Waals surface area contributed by atoms with Crippen molar-refractivity contribution in [3.8, 4) is 5.75 Å². The molecule has 3 N–H and O–H groups in total. The average Bonchev–Trinajstić information content (AvgIpc) is 2.33. The first-order valence-electron chi connectivity index (χ1n) is 5.39. The van der Waals surface area contributed by atoms with Gasteiger partial charge in [-0.25, -0.2) is 9.59 Å². The van der Waals surface area contributed by atoms with Crippen molar-refractivity contribution in [1.29, 1.82) is 0 Å². The molecule has 1 rings (SSSR count). The standard InChI is InChI=1S/C11H12O8S/c12-10(13)7-2-3-8(11(14)15)9(6-7)19-4-1-5-20(16,17)18/h2-3,6H,1,4-5H2,(H,12,13)(H,14,15)(H,16,17,18). The molecular weight excluding hydrogens is 292 g/mol. The number of benzene rings is 1. The Balaban J connectivity index is 2.83. The van der Waals surface area contributed by atoms with Crippen LogP contribution in [-0.4, -0.2) is 47.5 Å². The van der Waals surface area contributed by atoms with Crippen LogP contribution >= 0.6 is 0 Å². The Morgan fingerprint density at radius 1 is 1.15 bits per heavy atom. The van der Waals surface area contributed by atoms with E-state index in [2.05, 4.69) is 0 Å². The van der Waals surface area contributed by atoms with E-state index < -0.39 is 27.8 Å². The molecule has 20 heavy (non-hydrogen) atoms. The van der Waals surface area contributed by atoms with E-state index in [1.165, 1.54) is 0 Å². The van der Waals surface area contributed by atoms with Gasteiger partial charge in [0.2, 0.25) is 0 Å². The molecule has 0 atom stereocenters. The average molecular weight is 304 g/mol. The van der Waals surface area contributed by atoms with Crippen LogP contribution in [0.15, 0.2) is 18.2 Å². The van der Waals surface area contributed by atoms with Gasteiger partial charge in [-0.1, -0.05) is 0 Å². The van der Waals surface area contributed by atoms with Crippen LogP contribution in [0, 0.1) is 0 Å². The molecule has 0 aromatic heterocycles. The van der Waals surface area contributed by atoms with Crippen molar-refractivity contribution in [3.05, 3.63) is 29.3 Å². The summed E-state index contributed by atoms with van der Waals surface area (Å²) in [5.74, 6) is -3.25. The molecule has 0 aliphatic rings. The molecule has 1 aromatic carbocycles. The van der Waals surface area contributed by atoms with Gasteiger partial charge in [0.05, 0.1) is 17.9 Å². The van der Waals surface area contributed by atoms with Crippen molar-refractivity contribution in [1.82, 2.24) is 0 Å².